The summed E-state index contributed by atoms with van der Waals surface area (Å²) >= 11 is 7.40. The SMILES string of the molecule is CC(C)C(C)(N)c1ccc(Cl)s1. The molecule has 1 unspecified atom stereocenters. The minimum atomic E-state index is -0.252. The van der Waals surface area contributed by atoms with Crippen LogP contribution in [0.4, 0.5) is 0 Å². The minimum Gasteiger partial charge on any atom is -0.321 e. The first-order valence-electron chi connectivity index (χ1n) is 3.99. The number of rotatable bonds is 2. The van der Waals surface area contributed by atoms with E-state index < -0.39 is 0 Å². The molecular weight excluding hydrogens is 190 g/mol. The second-order valence-electron chi connectivity index (χ2n) is 3.54. The minimum absolute atomic E-state index is 0.252. The summed E-state index contributed by atoms with van der Waals surface area (Å²) < 4.78 is 0.808. The third kappa shape index (κ3) is 1.82. The summed E-state index contributed by atoms with van der Waals surface area (Å²) in [5.41, 5.74) is 5.89. The highest BCUT2D eigenvalue weighted by atomic mass is 35.5. The summed E-state index contributed by atoms with van der Waals surface area (Å²) in [5.74, 6) is 0.423. The van der Waals surface area contributed by atoms with Gasteiger partial charge in [-0.05, 0) is 25.0 Å². The standard InChI is InChI=1S/C9H14ClNS/c1-6(2)9(3,11)7-4-5-8(10)12-7/h4-6H,11H2,1-3H3. The molecule has 0 aliphatic rings. The lowest BCUT2D eigenvalue weighted by molar-refractivity contribution is 0.357. The maximum atomic E-state index is 6.15. The van der Waals surface area contributed by atoms with Crippen LogP contribution in [-0.4, -0.2) is 0 Å². The third-order valence-corrected chi connectivity index (χ3v) is 3.79. The van der Waals surface area contributed by atoms with Crippen molar-refractivity contribution in [2.45, 2.75) is 26.3 Å². The Morgan fingerprint density at radius 2 is 2.08 bits per heavy atom. The first-order valence-corrected chi connectivity index (χ1v) is 5.18. The maximum Gasteiger partial charge on any atom is 0.0931 e. The van der Waals surface area contributed by atoms with Crippen molar-refractivity contribution < 1.29 is 0 Å². The zero-order valence-electron chi connectivity index (χ0n) is 7.60. The van der Waals surface area contributed by atoms with Crippen molar-refractivity contribution in [1.29, 1.82) is 0 Å². The largest absolute Gasteiger partial charge is 0.321 e. The fourth-order valence-electron chi connectivity index (χ4n) is 0.888. The molecule has 1 atom stereocenters. The van der Waals surface area contributed by atoms with Crippen LogP contribution in [0.1, 0.15) is 25.6 Å². The second-order valence-corrected chi connectivity index (χ2v) is 5.26. The van der Waals surface area contributed by atoms with Crippen molar-refractivity contribution in [1.82, 2.24) is 0 Å². The maximum absolute atomic E-state index is 6.15. The van der Waals surface area contributed by atoms with Crippen LogP contribution >= 0.6 is 22.9 Å². The van der Waals surface area contributed by atoms with Crippen LogP contribution in [0.25, 0.3) is 0 Å². The van der Waals surface area contributed by atoms with Gasteiger partial charge in [-0.25, -0.2) is 0 Å². The Balaban J connectivity index is 2.97. The van der Waals surface area contributed by atoms with Crippen molar-refractivity contribution in [3.8, 4) is 0 Å². The monoisotopic (exact) mass is 203 g/mol. The van der Waals surface area contributed by atoms with Crippen LogP contribution < -0.4 is 5.73 Å². The molecule has 68 valence electrons. The fourth-order valence-corrected chi connectivity index (χ4v) is 2.14. The summed E-state index contributed by atoms with van der Waals surface area (Å²) in [6, 6.07) is 3.90. The number of hydrogen-bond donors (Lipinski definition) is 1. The van der Waals surface area contributed by atoms with Crippen molar-refractivity contribution in [3.05, 3.63) is 21.3 Å². The van der Waals surface area contributed by atoms with E-state index in [9.17, 15) is 0 Å². The van der Waals surface area contributed by atoms with Crippen LogP contribution in [0, 0.1) is 5.92 Å². The number of halogens is 1. The Kier molecular flexibility index (Phi) is 2.81. The van der Waals surface area contributed by atoms with Gasteiger partial charge in [-0.2, -0.15) is 0 Å². The van der Waals surface area contributed by atoms with E-state index in [0.717, 1.165) is 9.21 Å². The van der Waals surface area contributed by atoms with Gasteiger partial charge in [0.15, 0.2) is 0 Å². The molecule has 0 radical (unpaired) electrons. The Labute approximate surface area is 82.5 Å². The van der Waals surface area contributed by atoms with Gasteiger partial charge < -0.3 is 5.73 Å². The Morgan fingerprint density at radius 1 is 1.50 bits per heavy atom. The van der Waals surface area contributed by atoms with Gasteiger partial charge in [-0.15, -0.1) is 11.3 Å². The first kappa shape index (κ1) is 10.0. The summed E-state index contributed by atoms with van der Waals surface area (Å²) in [7, 11) is 0. The topological polar surface area (TPSA) is 26.0 Å². The van der Waals surface area contributed by atoms with Gasteiger partial charge in [0.25, 0.3) is 0 Å². The molecule has 0 saturated carbocycles. The Bertz CT molecular complexity index is 265. The lowest BCUT2D eigenvalue weighted by Crippen LogP contribution is -2.37. The average Bonchev–Trinajstić information content (AvgIpc) is 2.35. The van der Waals surface area contributed by atoms with Crippen LogP contribution in [-0.2, 0) is 5.54 Å². The predicted molar refractivity (Wildman–Crippen MR) is 55.7 cm³/mol. The summed E-state index contributed by atoms with van der Waals surface area (Å²) in [4.78, 5) is 1.16. The van der Waals surface area contributed by atoms with E-state index in [0.29, 0.717) is 5.92 Å². The van der Waals surface area contributed by atoms with Gasteiger partial charge in [-0.1, -0.05) is 25.4 Å². The van der Waals surface area contributed by atoms with Crippen LogP contribution in [0.3, 0.4) is 0 Å². The smallest absolute Gasteiger partial charge is 0.0931 e. The molecule has 1 rings (SSSR count). The van der Waals surface area contributed by atoms with Crippen molar-refractivity contribution >= 4 is 22.9 Å². The fraction of sp³-hybridized carbons (Fsp3) is 0.556. The van der Waals surface area contributed by atoms with Gasteiger partial charge in [0.05, 0.1) is 4.34 Å². The molecule has 2 N–H and O–H groups in total. The van der Waals surface area contributed by atoms with Gasteiger partial charge in [0, 0.05) is 10.4 Å². The average molecular weight is 204 g/mol. The highest BCUT2D eigenvalue weighted by molar-refractivity contribution is 7.16. The van der Waals surface area contributed by atoms with Gasteiger partial charge >= 0.3 is 0 Å². The van der Waals surface area contributed by atoms with Gasteiger partial charge in [0.2, 0.25) is 0 Å². The van der Waals surface area contributed by atoms with Gasteiger partial charge in [0.1, 0.15) is 0 Å². The van der Waals surface area contributed by atoms with E-state index in [1.807, 2.05) is 19.1 Å². The molecule has 1 aromatic rings. The molecule has 1 heterocycles. The predicted octanol–water partition coefficient (Wildman–Crippen LogP) is 3.23. The molecule has 12 heavy (non-hydrogen) atoms. The third-order valence-electron chi connectivity index (χ3n) is 2.30. The Morgan fingerprint density at radius 3 is 2.42 bits per heavy atom. The van der Waals surface area contributed by atoms with E-state index in [4.69, 9.17) is 17.3 Å². The lowest BCUT2D eigenvalue weighted by Gasteiger charge is -2.27. The van der Waals surface area contributed by atoms with E-state index in [2.05, 4.69) is 13.8 Å². The van der Waals surface area contributed by atoms with Gasteiger partial charge in [-0.3, -0.25) is 0 Å². The van der Waals surface area contributed by atoms with E-state index in [-0.39, 0.29) is 5.54 Å². The molecule has 0 saturated heterocycles. The van der Waals surface area contributed by atoms with Crippen LogP contribution in [0.5, 0.6) is 0 Å². The van der Waals surface area contributed by atoms with Crippen LogP contribution in [0.15, 0.2) is 12.1 Å². The molecule has 0 bridgehead atoms. The van der Waals surface area contributed by atoms with Crippen molar-refractivity contribution in [2.75, 3.05) is 0 Å². The molecule has 0 aliphatic carbocycles. The number of thiophene rings is 1. The molecule has 0 spiro atoms. The van der Waals surface area contributed by atoms with E-state index >= 15 is 0 Å². The lowest BCUT2D eigenvalue weighted by atomic mass is 9.88. The highest BCUT2D eigenvalue weighted by Crippen LogP contribution is 2.33. The number of nitrogens with two attached hydrogens (primary N) is 1. The normalized spacial score (nSPS) is 16.5. The van der Waals surface area contributed by atoms with Crippen molar-refractivity contribution in [2.24, 2.45) is 11.7 Å². The number of hydrogen-bond acceptors (Lipinski definition) is 2. The zero-order chi connectivity index (χ0) is 9.35. The highest BCUT2D eigenvalue weighted by Gasteiger charge is 2.26. The molecule has 0 aliphatic heterocycles. The van der Waals surface area contributed by atoms with Crippen LogP contribution in [0.2, 0.25) is 4.34 Å². The van der Waals surface area contributed by atoms with E-state index in [1.165, 1.54) is 0 Å². The van der Waals surface area contributed by atoms with E-state index in [1.54, 1.807) is 11.3 Å². The molecular formula is C9H14ClNS. The van der Waals surface area contributed by atoms with Crippen molar-refractivity contribution in [3.63, 3.8) is 0 Å². The molecule has 1 nitrogen and oxygen atoms in total. The summed E-state index contributed by atoms with van der Waals surface area (Å²) in [5, 5.41) is 0. The molecule has 0 aromatic carbocycles. The molecule has 0 amide bonds. The molecule has 3 heteroatoms. The molecule has 0 fully saturated rings. The Hall–Kier alpha value is -0.0500. The molecule has 1 aromatic heterocycles. The quantitative estimate of drug-likeness (QED) is 0.785. The summed E-state index contributed by atoms with van der Waals surface area (Å²) in [6.45, 7) is 6.28. The summed E-state index contributed by atoms with van der Waals surface area (Å²) in [6.07, 6.45) is 0. The first-order chi connectivity index (χ1) is 5.44. The second kappa shape index (κ2) is 3.36. The zero-order valence-corrected chi connectivity index (χ0v) is 9.17.